The van der Waals surface area contributed by atoms with E-state index in [4.69, 9.17) is 13.7 Å². The number of aromatic nitrogens is 3. The van der Waals surface area contributed by atoms with E-state index in [0.717, 1.165) is 5.56 Å². The lowest BCUT2D eigenvalue weighted by Crippen LogP contribution is -2.16. The van der Waals surface area contributed by atoms with Gasteiger partial charge in [0, 0.05) is 16.5 Å². The van der Waals surface area contributed by atoms with Gasteiger partial charge in [-0.25, -0.2) is 14.2 Å². The SMILES string of the molecule is COc1cc2c(cc1-c1c(C)noc1C)nc(CO)c1oc(=O)n(Cc3c(C)cccc3F)c12. The number of aryl methyl sites for hydroxylation is 3. The molecular formula is C25H22FN3O5. The molecule has 3 heterocycles. The van der Waals surface area contributed by atoms with Crippen molar-refractivity contribution in [1.82, 2.24) is 14.7 Å². The summed E-state index contributed by atoms with van der Waals surface area (Å²) in [5.74, 6) is 0.0496. The number of pyridine rings is 1. The minimum Gasteiger partial charge on any atom is -0.496 e. The van der Waals surface area contributed by atoms with E-state index in [1.807, 2.05) is 6.92 Å². The molecule has 0 aliphatic rings. The van der Waals surface area contributed by atoms with Gasteiger partial charge in [-0.2, -0.15) is 0 Å². The molecule has 0 amide bonds. The van der Waals surface area contributed by atoms with Crippen molar-refractivity contribution in [3.05, 3.63) is 75.0 Å². The molecule has 0 unspecified atom stereocenters. The minimum absolute atomic E-state index is 0.0394. The number of fused-ring (bicyclic) bond motifs is 3. The van der Waals surface area contributed by atoms with E-state index in [-0.39, 0.29) is 17.8 Å². The summed E-state index contributed by atoms with van der Waals surface area (Å²) >= 11 is 0. The number of aliphatic hydroxyl groups excluding tert-OH is 1. The number of ether oxygens (including phenoxy) is 1. The molecule has 0 bridgehead atoms. The molecule has 5 rings (SSSR count). The van der Waals surface area contributed by atoms with E-state index in [9.17, 15) is 14.3 Å². The molecule has 3 aromatic heterocycles. The fraction of sp³-hybridized carbons (Fsp3) is 0.240. The van der Waals surface area contributed by atoms with Gasteiger partial charge < -0.3 is 18.8 Å². The van der Waals surface area contributed by atoms with Crippen LogP contribution in [0.25, 0.3) is 33.1 Å². The van der Waals surface area contributed by atoms with Crippen molar-refractivity contribution in [2.24, 2.45) is 0 Å². The fourth-order valence-corrected chi connectivity index (χ4v) is 4.42. The van der Waals surface area contributed by atoms with E-state index < -0.39 is 18.2 Å². The zero-order valence-electron chi connectivity index (χ0n) is 19.1. The van der Waals surface area contributed by atoms with Crippen LogP contribution in [0.2, 0.25) is 0 Å². The lowest BCUT2D eigenvalue weighted by atomic mass is 10.00. The van der Waals surface area contributed by atoms with Crippen LogP contribution in [0.4, 0.5) is 4.39 Å². The predicted molar refractivity (Wildman–Crippen MR) is 123 cm³/mol. The van der Waals surface area contributed by atoms with Crippen LogP contribution in [0, 0.1) is 26.6 Å². The third-order valence-corrected chi connectivity index (χ3v) is 6.11. The zero-order valence-corrected chi connectivity index (χ0v) is 19.1. The van der Waals surface area contributed by atoms with E-state index >= 15 is 0 Å². The molecule has 0 aliphatic carbocycles. The molecule has 0 saturated heterocycles. The molecule has 0 aliphatic heterocycles. The van der Waals surface area contributed by atoms with Gasteiger partial charge in [0.25, 0.3) is 0 Å². The molecule has 1 N–H and O–H groups in total. The maximum absolute atomic E-state index is 14.6. The van der Waals surface area contributed by atoms with Crippen LogP contribution in [0.5, 0.6) is 5.75 Å². The summed E-state index contributed by atoms with van der Waals surface area (Å²) in [6.45, 7) is 4.94. The van der Waals surface area contributed by atoms with Crippen LogP contribution < -0.4 is 10.5 Å². The topological polar surface area (TPSA) is 104 Å². The molecule has 2 aromatic carbocycles. The average Bonchev–Trinajstić information content (AvgIpc) is 3.33. The number of hydrogen-bond donors (Lipinski definition) is 1. The number of rotatable bonds is 5. The second-order valence-electron chi connectivity index (χ2n) is 8.15. The highest BCUT2D eigenvalue weighted by molar-refractivity contribution is 6.05. The Labute approximate surface area is 193 Å². The Hall–Kier alpha value is -3.98. The highest BCUT2D eigenvalue weighted by Gasteiger charge is 2.23. The van der Waals surface area contributed by atoms with Crippen molar-refractivity contribution in [3.63, 3.8) is 0 Å². The summed E-state index contributed by atoms with van der Waals surface area (Å²) in [4.78, 5) is 17.4. The Bertz CT molecular complexity index is 1590. The van der Waals surface area contributed by atoms with Crippen LogP contribution in [0.1, 0.15) is 28.3 Å². The number of methoxy groups -OCH3 is 1. The van der Waals surface area contributed by atoms with Crippen molar-refractivity contribution in [2.75, 3.05) is 7.11 Å². The van der Waals surface area contributed by atoms with Gasteiger partial charge in [0.05, 0.1) is 37.0 Å². The number of halogens is 1. The molecule has 0 radical (unpaired) electrons. The van der Waals surface area contributed by atoms with Crippen LogP contribution in [0.3, 0.4) is 0 Å². The van der Waals surface area contributed by atoms with E-state index in [1.165, 1.54) is 10.6 Å². The Morgan fingerprint density at radius 1 is 1.21 bits per heavy atom. The molecule has 0 spiro atoms. The summed E-state index contributed by atoms with van der Waals surface area (Å²) < 4.78 is 32.5. The molecule has 8 nitrogen and oxygen atoms in total. The van der Waals surface area contributed by atoms with E-state index in [1.54, 1.807) is 45.2 Å². The number of oxazole rings is 1. The normalized spacial score (nSPS) is 11.6. The Morgan fingerprint density at radius 2 is 2.00 bits per heavy atom. The molecule has 174 valence electrons. The van der Waals surface area contributed by atoms with Gasteiger partial charge in [-0.15, -0.1) is 0 Å². The standard InChI is InChI=1S/C25H22FN3O5/c1-12-6-5-7-18(26)17(12)10-29-23-15-9-21(32-4)16(22-13(2)28-34-14(22)3)8-19(15)27-20(11-30)24(23)33-25(29)31/h5-9,30H,10-11H2,1-4H3. The smallest absolute Gasteiger partial charge is 0.420 e. The summed E-state index contributed by atoms with van der Waals surface area (Å²) in [6.07, 6.45) is 0. The summed E-state index contributed by atoms with van der Waals surface area (Å²) in [5.41, 5.74) is 4.54. The van der Waals surface area contributed by atoms with Gasteiger partial charge in [-0.05, 0) is 44.5 Å². The van der Waals surface area contributed by atoms with Crippen LogP contribution in [0.15, 0.2) is 44.1 Å². The molecule has 5 aromatic rings. The highest BCUT2D eigenvalue weighted by atomic mass is 19.1. The average molecular weight is 463 g/mol. The van der Waals surface area contributed by atoms with Gasteiger partial charge in [0.2, 0.25) is 0 Å². The van der Waals surface area contributed by atoms with Crippen molar-refractivity contribution in [2.45, 2.75) is 33.9 Å². The monoisotopic (exact) mass is 463 g/mol. The Morgan fingerprint density at radius 3 is 2.65 bits per heavy atom. The first-order valence-corrected chi connectivity index (χ1v) is 10.7. The number of aliphatic hydroxyl groups is 1. The first kappa shape index (κ1) is 21.8. The Kier molecular flexibility index (Phi) is 5.21. The van der Waals surface area contributed by atoms with Gasteiger partial charge in [-0.1, -0.05) is 17.3 Å². The van der Waals surface area contributed by atoms with Gasteiger partial charge >= 0.3 is 5.76 Å². The lowest BCUT2D eigenvalue weighted by molar-refractivity contribution is 0.277. The minimum atomic E-state index is -0.671. The molecule has 9 heteroatoms. The molecular weight excluding hydrogens is 441 g/mol. The zero-order chi connectivity index (χ0) is 24.1. The van der Waals surface area contributed by atoms with Crippen molar-refractivity contribution >= 4 is 22.0 Å². The van der Waals surface area contributed by atoms with Crippen LogP contribution in [-0.2, 0) is 13.2 Å². The first-order chi connectivity index (χ1) is 16.3. The summed E-state index contributed by atoms with van der Waals surface area (Å²) in [5, 5.41) is 14.6. The van der Waals surface area contributed by atoms with E-state index in [0.29, 0.717) is 50.3 Å². The number of benzene rings is 2. The first-order valence-electron chi connectivity index (χ1n) is 10.7. The maximum atomic E-state index is 14.6. The van der Waals surface area contributed by atoms with Gasteiger partial charge in [-0.3, -0.25) is 4.57 Å². The third kappa shape index (κ3) is 3.28. The van der Waals surface area contributed by atoms with Crippen molar-refractivity contribution < 1.29 is 23.2 Å². The predicted octanol–water partition coefficient (Wildman–Crippen LogP) is 4.41. The summed E-state index contributed by atoms with van der Waals surface area (Å²) in [6, 6.07) is 8.31. The van der Waals surface area contributed by atoms with E-state index in [2.05, 4.69) is 10.1 Å². The van der Waals surface area contributed by atoms with Gasteiger partial charge in [0.15, 0.2) is 5.58 Å². The third-order valence-electron chi connectivity index (χ3n) is 6.11. The lowest BCUT2D eigenvalue weighted by Gasteiger charge is -2.13. The molecule has 34 heavy (non-hydrogen) atoms. The van der Waals surface area contributed by atoms with Crippen molar-refractivity contribution in [1.29, 1.82) is 0 Å². The second-order valence-corrected chi connectivity index (χ2v) is 8.15. The largest absolute Gasteiger partial charge is 0.496 e. The molecule has 0 fully saturated rings. The van der Waals surface area contributed by atoms with Crippen molar-refractivity contribution in [3.8, 4) is 16.9 Å². The number of hydrogen-bond acceptors (Lipinski definition) is 7. The van der Waals surface area contributed by atoms with Crippen LogP contribution >= 0.6 is 0 Å². The summed E-state index contributed by atoms with van der Waals surface area (Å²) in [7, 11) is 1.54. The fourth-order valence-electron chi connectivity index (χ4n) is 4.42. The van der Waals surface area contributed by atoms with Crippen LogP contribution in [-0.4, -0.2) is 26.9 Å². The highest BCUT2D eigenvalue weighted by Crippen LogP contribution is 2.39. The maximum Gasteiger partial charge on any atom is 0.420 e. The Balaban J connectivity index is 1.85. The molecule has 0 saturated carbocycles. The number of nitrogens with zero attached hydrogens (tertiary/aromatic N) is 3. The quantitative estimate of drug-likeness (QED) is 0.412. The second kappa shape index (κ2) is 8.11. The molecule has 0 atom stereocenters. The van der Waals surface area contributed by atoms with Gasteiger partial charge in [0.1, 0.15) is 28.5 Å².